The van der Waals surface area contributed by atoms with Crippen LogP contribution in [0.4, 0.5) is 17.6 Å². The molecule has 2 N–H and O–H groups in total. The molecular weight excluding hydrogens is 976 g/mol. The standard InChI is InChI=1S/C30H28Cl2F2N4O.C20H17Cl2F2N3O2.CH4/c1-17-27(20-13-21(31)15-22(32)14-20)38-28(36-17)26(19-9-11-30(33,34)12-10-19)24(16-35-38)29(39)37-25-8-4-6-18-5-2-3-7-23(18)25;1-10-17(12-6-13(21)8-14(22)7-12)27-18(26-10)16(15(9-25-27)19(28)29)11-2-4-20(23,24)5-3-11;/h2-3,5,7,13-16,19,25H,4,6,8-12H2,1H3,(H,37,39);6-9,11H,2-5H2,1H3,(H,28,29);1H4/t25-;;/m0../s1. The minimum atomic E-state index is -2.71. The van der Waals surface area contributed by atoms with Gasteiger partial charge in [0.2, 0.25) is 11.8 Å². The average molecular weight is 1030 g/mol. The predicted octanol–water partition coefficient (Wildman–Crippen LogP) is 14.8. The maximum absolute atomic E-state index is 14.1. The Bertz CT molecular complexity index is 3060. The molecular formula is C51H49Cl4F4N7O3. The molecule has 3 aromatic carbocycles. The number of carboxylic acid groups (broad SMARTS) is 1. The fraction of sp³-hybridized carbons (Fsp3) is 0.373. The Hall–Kier alpha value is -5.28. The van der Waals surface area contributed by atoms with Crippen LogP contribution in [0.25, 0.3) is 33.8 Å². The number of hydrogen-bond donors (Lipinski definition) is 2. The van der Waals surface area contributed by atoms with Gasteiger partial charge in [-0.1, -0.05) is 78.1 Å². The van der Waals surface area contributed by atoms with Crippen LogP contribution in [0.2, 0.25) is 20.1 Å². The second kappa shape index (κ2) is 19.8. The second-order valence-electron chi connectivity index (χ2n) is 18.0. The van der Waals surface area contributed by atoms with Crippen LogP contribution >= 0.6 is 46.4 Å². The number of benzene rings is 3. The summed E-state index contributed by atoms with van der Waals surface area (Å²) in [6.07, 6.45) is 5.54. The van der Waals surface area contributed by atoms with Gasteiger partial charge in [-0.05, 0) is 118 Å². The van der Waals surface area contributed by atoms with Crippen molar-refractivity contribution >= 4 is 69.6 Å². The van der Waals surface area contributed by atoms with Crippen LogP contribution in [0, 0.1) is 13.8 Å². The molecule has 4 heterocycles. The smallest absolute Gasteiger partial charge is 0.337 e. The highest BCUT2D eigenvalue weighted by molar-refractivity contribution is 6.35. The third-order valence-corrected chi connectivity index (χ3v) is 14.3. The van der Waals surface area contributed by atoms with Crippen molar-refractivity contribution in [3.63, 3.8) is 0 Å². The highest BCUT2D eigenvalue weighted by Gasteiger charge is 2.40. The first kappa shape index (κ1) is 50.1. The Kier molecular flexibility index (Phi) is 14.4. The second-order valence-corrected chi connectivity index (χ2v) is 19.8. The number of carbonyl (C=O) groups is 2. The lowest BCUT2D eigenvalue weighted by molar-refractivity contribution is -0.0387. The molecule has 1 atom stereocenters. The number of aromatic nitrogens is 6. The number of aryl methyl sites for hydroxylation is 3. The first-order valence-electron chi connectivity index (χ1n) is 22.4. The topological polar surface area (TPSA) is 127 Å². The number of carbonyl (C=O) groups excluding carboxylic acids is 1. The van der Waals surface area contributed by atoms with E-state index in [9.17, 15) is 32.3 Å². The van der Waals surface area contributed by atoms with Crippen molar-refractivity contribution in [2.75, 3.05) is 0 Å². The molecule has 0 aliphatic heterocycles. The van der Waals surface area contributed by atoms with Crippen LogP contribution in [0.5, 0.6) is 0 Å². The summed E-state index contributed by atoms with van der Waals surface area (Å²) in [6.45, 7) is 3.63. The first-order valence-corrected chi connectivity index (χ1v) is 23.9. The molecule has 10 nitrogen and oxygen atoms in total. The normalized spacial score (nSPS) is 18.0. The number of hydrogen-bond acceptors (Lipinski definition) is 6. The van der Waals surface area contributed by atoms with Crippen molar-refractivity contribution in [2.45, 2.75) is 122 Å². The van der Waals surface area contributed by atoms with Gasteiger partial charge in [0, 0.05) is 68.0 Å². The van der Waals surface area contributed by atoms with Crippen LogP contribution in [0.3, 0.4) is 0 Å². The number of alkyl halides is 4. The molecule has 0 spiro atoms. The van der Waals surface area contributed by atoms with Gasteiger partial charge < -0.3 is 10.4 Å². The lowest BCUT2D eigenvalue weighted by Gasteiger charge is -2.30. The number of carboxylic acids is 1. The molecule has 0 saturated heterocycles. The third kappa shape index (κ3) is 10.3. The summed E-state index contributed by atoms with van der Waals surface area (Å²) < 4.78 is 58.8. The molecule has 362 valence electrons. The quantitative estimate of drug-likeness (QED) is 0.152. The fourth-order valence-electron chi connectivity index (χ4n) is 10.2. The van der Waals surface area contributed by atoms with Crippen molar-refractivity contribution in [1.29, 1.82) is 0 Å². The molecule has 2 saturated carbocycles. The van der Waals surface area contributed by atoms with E-state index in [1.807, 2.05) is 19.1 Å². The summed E-state index contributed by atoms with van der Waals surface area (Å²) in [6, 6.07) is 18.3. The van der Waals surface area contributed by atoms with Crippen molar-refractivity contribution in [2.24, 2.45) is 0 Å². The average Bonchev–Trinajstić information content (AvgIpc) is 3.80. The van der Waals surface area contributed by atoms with Crippen LogP contribution < -0.4 is 5.32 Å². The van der Waals surface area contributed by atoms with Crippen molar-refractivity contribution < 1.29 is 32.3 Å². The van der Waals surface area contributed by atoms with Gasteiger partial charge in [-0.15, -0.1) is 0 Å². The Morgan fingerprint density at radius 2 is 1.10 bits per heavy atom. The molecule has 0 bridgehead atoms. The molecule has 10 rings (SSSR count). The number of halogens is 8. The van der Waals surface area contributed by atoms with E-state index in [0.29, 0.717) is 76.4 Å². The number of amides is 1. The molecule has 7 aromatic rings. The molecule has 3 aliphatic rings. The van der Waals surface area contributed by atoms with E-state index in [2.05, 4.69) is 32.6 Å². The van der Waals surface area contributed by atoms with Gasteiger partial charge in [0.05, 0.1) is 52.3 Å². The Morgan fingerprint density at radius 1 is 0.667 bits per heavy atom. The number of nitrogens with zero attached hydrogens (tertiary/aromatic N) is 6. The minimum absolute atomic E-state index is 0. The van der Waals surface area contributed by atoms with Crippen molar-refractivity contribution in [3.8, 4) is 22.5 Å². The van der Waals surface area contributed by atoms with Gasteiger partial charge in [-0.2, -0.15) is 10.2 Å². The van der Waals surface area contributed by atoms with E-state index in [-0.39, 0.29) is 88.1 Å². The van der Waals surface area contributed by atoms with E-state index >= 15 is 0 Å². The molecule has 18 heteroatoms. The summed E-state index contributed by atoms with van der Waals surface area (Å²) in [5.41, 5.74) is 8.79. The maximum Gasteiger partial charge on any atom is 0.337 e. The molecule has 3 aliphatic carbocycles. The van der Waals surface area contributed by atoms with Gasteiger partial charge in [0.15, 0.2) is 11.3 Å². The van der Waals surface area contributed by atoms with Gasteiger partial charge in [-0.3, -0.25) is 4.79 Å². The largest absolute Gasteiger partial charge is 0.478 e. The maximum atomic E-state index is 14.1. The van der Waals surface area contributed by atoms with Gasteiger partial charge in [-0.25, -0.2) is 41.4 Å². The number of aromatic carboxylic acids is 1. The fourth-order valence-corrected chi connectivity index (χ4v) is 11.3. The monoisotopic (exact) mass is 1020 g/mol. The van der Waals surface area contributed by atoms with Crippen LogP contribution in [0.1, 0.15) is 144 Å². The predicted molar refractivity (Wildman–Crippen MR) is 262 cm³/mol. The highest BCUT2D eigenvalue weighted by Crippen LogP contribution is 2.46. The number of fused-ring (bicyclic) bond motifs is 3. The lowest BCUT2D eigenvalue weighted by Crippen LogP contribution is -2.33. The Morgan fingerprint density at radius 3 is 1.57 bits per heavy atom. The van der Waals surface area contributed by atoms with Gasteiger partial charge in [0.1, 0.15) is 0 Å². The van der Waals surface area contributed by atoms with Gasteiger partial charge >= 0.3 is 5.97 Å². The molecule has 0 radical (unpaired) electrons. The first-order chi connectivity index (χ1) is 32.4. The van der Waals surface area contributed by atoms with E-state index < -0.39 is 17.8 Å². The van der Waals surface area contributed by atoms with Crippen molar-refractivity contribution in [3.05, 3.63) is 138 Å². The number of rotatable bonds is 7. The van der Waals surface area contributed by atoms with E-state index in [0.717, 1.165) is 30.4 Å². The molecule has 4 aromatic heterocycles. The molecule has 1 amide bonds. The molecule has 0 unspecified atom stereocenters. The number of nitrogens with one attached hydrogen (secondary N) is 1. The van der Waals surface area contributed by atoms with Crippen LogP contribution in [0.15, 0.2) is 73.1 Å². The van der Waals surface area contributed by atoms with Gasteiger partial charge in [0.25, 0.3) is 5.91 Å². The van der Waals surface area contributed by atoms with Crippen LogP contribution in [-0.2, 0) is 6.42 Å². The SMILES string of the molecule is C.Cc1nc2c(C3CCC(F)(F)CC3)c(C(=O)N[C@H]3CCCc4ccccc43)cnn2c1-c1cc(Cl)cc(Cl)c1.Cc1nc2c(C3CCC(F)(F)CC3)c(C(=O)O)cnn2c1-c1cc(Cl)cc(Cl)c1. The summed E-state index contributed by atoms with van der Waals surface area (Å²) in [7, 11) is 0. The zero-order valence-corrected chi connectivity index (χ0v) is 39.9. The summed E-state index contributed by atoms with van der Waals surface area (Å²) in [4.78, 5) is 35.1. The van der Waals surface area contributed by atoms with Crippen LogP contribution in [-0.4, -0.2) is 58.0 Å². The number of imidazole rings is 2. The van der Waals surface area contributed by atoms with Crippen molar-refractivity contribution in [1.82, 2.24) is 34.5 Å². The Labute approximate surface area is 416 Å². The highest BCUT2D eigenvalue weighted by atomic mass is 35.5. The summed E-state index contributed by atoms with van der Waals surface area (Å²) in [5.74, 6) is -7.39. The Balaban J connectivity index is 0.000000191. The summed E-state index contributed by atoms with van der Waals surface area (Å²) >= 11 is 24.8. The summed E-state index contributed by atoms with van der Waals surface area (Å²) in [5, 5.41) is 23.6. The van der Waals surface area contributed by atoms with E-state index in [4.69, 9.17) is 51.4 Å². The zero-order valence-electron chi connectivity index (χ0n) is 36.9. The zero-order chi connectivity index (χ0) is 48.2. The molecule has 2 fully saturated rings. The molecule has 69 heavy (non-hydrogen) atoms. The van der Waals surface area contributed by atoms with E-state index in [1.165, 1.54) is 11.8 Å². The third-order valence-electron chi connectivity index (χ3n) is 13.4. The lowest BCUT2D eigenvalue weighted by atomic mass is 9.81. The minimum Gasteiger partial charge on any atom is -0.478 e. The van der Waals surface area contributed by atoms with E-state index in [1.54, 1.807) is 58.5 Å².